The predicted octanol–water partition coefficient (Wildman–Crippen LogP) is 5.13. The van der Waals surface area contributed by atoms with Crippen molar-refractivity contribution in [2.45, 2.75) is 30.7 Å². The molecule has 29 heavy (non-hydrogen) atoms. The Bertz CT molecular complexity index is 833. The van der Waals surface area contributed by atoms with Gasteiger partial charge in [0.1, 0.15) is 11.0 Å². The van der Waals surface area contributed by atoms with E-state index in [0.717, 1.165) is 24.2 Å². The van der Waals surface area contributed by atoms with E-state index >= 15 is 0 Å². The lowest BCUT2D eigenvalue weighted by Crippen LogP contribution is -2.24. The first kappa shape index (κ1) is 23.0. The van der Waals surface area contributed by atoms with E-state index in [1.165, 1.54) is 11.8 Å². The van der Waals surface area contributed by atoms with Gasteiger partial charge in [-0.3, -0.25) is 4.79 Å². The normalized spacial score (nSPS) is 10.4. The van der Waals surface area contributed by atoms with Crippen LogP contribution in [0.2, 0.25) is 5.15 Å². The number of aromatic nitrogens is 2. The molecule has 0 aliphatic carbocycles. The van der Waals surface area contributed by atoms with Crippen LogP contribution in [0.15, 0.2) is 60.8 Å². The summed E-state index contributed by atoms with van der Waals surface area (Å²) in [5, 5.41) is 3.92. The molecular formula is C22H27ClN4OS. The van der Waals surface area contributed by atoms with Gasteiger partial charge < -0.3 is 10.2 Å². The summed E-state index contributed by atoms with van der Waals surface area (Å²) in [5.74, 6) is 1.33. The molecule has 0 radical (unpaired) electrons. The lowest BCUT2D eigenvalue weighted by Gasteiger charge is -2.20. The van der Waals surface area contributed by atoms with Crippen LogP contribution in [0.1, 0.15) is 35.7 Å². The van der Waals surface area contributed by atoms with E-state index in [1.807, 2.05) is 41.3 Å². The average molecular weight is 431 g/mol. The van der Waals surface area contributed by atoms with Crippen LogP contribution in [-0.4, -0.2) is 35.5 Å². The molecule has 0 unspecified atom stereocenters. The molecule has 1 amide bonds. The summed E-state index contributed by atoms with van der Waals surface area (Å²) in [6.07, 6.45) is 5.65. The van der Waals surface area contributed by atoms with Gasteiger partial charge in [-0.1, -0.05) is 61.0 Å². The van der Waals surface area contributed by atoms with Crippen molar-refractivity contribution in [2.75, 3.05) is 24.5 Å². The number of anilines is 1. The lowest BCUT2D eigenvalue weighted by atomic mass is 10.1. The van der Waals surface area contributed by atoms with E-state index in [-0.39, 0.29) is 5.91 Å². The van der Waals surface area contributed by atoms with Gasteiger partial charge in [0.25, 0.3) is 5.91 Å². The van der Waals surface area contributed by atoms with E-state index in [0.29, 0.717) is 41.3 Å². The summed E-state index contributed by atoms with van der Waals surface area (Å²) in [6.45, 7) is 11.6. The number of unbranched alkanes of at least 4 members (excludes halogenated alkanes) is 1. The Morgan fingerprint density at radius 2 is 2.00 bits per heavy atom. The van der Waals surface area contributed by atoms with Crippen LogP contribution in [0.4, 0.5) is 5.82 Å². The standard InChI is InChI=1S/C22H27ClN4OS/c1-4-7-11-24-21(28)18-10-8-9-17(14-18)16-29-22-25-19(23)15-20(26-22)27(12-5-2)13-6-3/h5-6,8-10,14-15H,2-4,7,11-13,16H2,1H3,(H,24,28). The largest absolute Gasteiger partial charge is 0.352 e. The highest BCUT2D eigenvalue weighted by molar-refractivity contribution is 7.98. The van der Waals surface area contributed by atoms with Gasteiger partial charge in [-0.25, -0.2) is 9.97 Å². The molecule has 1 N–H and O–H groups in total. The van der Waals surface area contributed by atoms with Crippen molar-refractivity contribution in [3.05, 3.63) is 71.9 Å². The molecular weight excluding hydrogens is 404 g/mol. The number of halogens is 1. The number of carbonyl (C=O) groups excluding carboxylic acids is 1. The van der Waals surface area contributed by atoms with Crippen LogP contribution in [0, 0.1) is 0 Å². The van der Waals surface area contributed by atoms with Crippen molar-refractivity contribution in [2.24, 2.45) is 0 Å². The summed E-state index contributed by atoms with van der Waals surface area (Å²) in [5.41, 5.74) is 1.69. The Morgan fingerprint density at radius 3 is 2.69 bits per heavy atom. The molecule has 2 aromatic rings. The molecule has 1 aromatic carbocycles. The van der Waals surface area contributed by atoms with Crippen molar-refractivity contribution in [3.63, 3.8) is 0 Å². The molecule has 5 nitrogen and oxygen atoms in total. The monoisotopic (exact) mass is 430 g/mol. The minimum Gasteiger partial charge on any atom is -0.352 e. The molecule has 7 heteroatoms. The Balaban J connectivity index is 2.07. The highest BCUT2D eigenvalue weighted by Crippen LogP contribution is 2.25. The highest BCUT2D eigenvalue weighted by atomic mass is 35.5. The minimum atomic E-state index is -0.0453. The first-order valence-electron chi connectivity index (χ1n) is 9.58. The average Bonchev–Trinajstić information content (AvgIpc) is 2.72. The van der Waals surface area contributed by atoms with Gasteiger partial charge in [-0.05, 0) is 24.1 Å². The van der Waals surface area contributed by atoms with Crippen LogP contribution in [0.5, 0.6) is 0 Å². The molecule has 0 saturated heterocycles. The Kier molecular flexibility index (Phi) is 9.74. The molecule has 2 rings (SSSR count). The second-order valence-corrected chi connectivity index (χ2v) is 7.74. The summed E-state index contributed by atoms with van der Waals surface area (Å²) in [6, 6.07) is 9.35. The molecule has 1 heterocycles. The van der Waals surface area contributed by atoms with Crippen molar-refractivity contribution in [1.82, 2.24) is 15.3 Å². The second kappa shape index (κ2) is 12.3. The van der Waals surface area contributed by atoms with Crippen LogP contribution in [-0.2, 0) is 5.75 Å². The maximum absolute atomic E-state index is 12.3. The third kappa shape index (κ3) is 7.55. The van der Waals surface area contributed by atoms with Gasteiger partial charge in [-0.2, -0.15) is 0 Å². The van der Waals surface area contributed by atoms with Crippen LogP contribution < -0.4 is 10.2 Å². The minimum absolute atomic E-state index is 0.0453. The molecule has 0 spiro atoms. The van der Waals surface area contributed by atoms with E-state index in [1.54, 1.807) is 6.07 Å². The summed E-state index contributed by atoms with van der Waals surface area (Å²) in [4.78, 5) is 23.2. The van der Waals surface area contributed by atoms with Gasteiger partial charge >= 0.3 is 0 Å². The maximum Gasteiger partial charge on any atom is 0.251 e. The zero-order chi connectivity index (χ0) is 21.1. The van der Waals surface area contributed by atoms with Crippen molar-refractivity contribution >= 4 is 35.1 Å². The smallest absolute Gasteiger partial charge is 0.251 e. The molecule has 0 aliphatic rings. The zero-order valence-electron chi connectivity index (χ0n) is 16.7. The highest BCUT2D eigenvalue weighted by Gasteiger charge is 2.11. The summed E-state index contributed by atoms with van der Waals surface area (Å²) < 4.78 is 0. The molecule has 0 saturated carbocycles. The van der Waals surface area contributed by atoms with Crippen molar-refractivity contribution in [1.29, 1.82) is 0 Å². The molecule has 0 atom stereocenters. The third-order valence-corrected chi connectivity index (χ3v) is 5.17. The fourth-order valence-electron chi connectivity index (χ4n) is 2.62. The number of amides is 1. The van der Waals surface area contributed by atoms with E-state index < -0.39 is 0 Å². The summed E-state index contributed by atoms with van der Waals surface area (Å²) >= 11 is 7.69. The van der Waals surface area contributed by atoms with E-state index in [2.05, 4.69) is 35.4 Å². The van der Waals surface area contributed by atoms with Gasteiger partial charge in [0.05, 0.1) is 0 Å². The maximum atomic E-state index is 12.3. The Morgan fingerprint density at radius 1 is 1.24 bits per heavy atom. The van der Waals surface area contributed by atoms with Gasteiger partial charge in [0.2, 0.25) is 0 Å². The number of carbonyl (C=O) groups is 1. The Hall–Kier alpha value is -2.31. The molecule has 0 aliphatic heterocycles. The van der Waals surface area contributed by atoms with Crippen LogP contribution >= 0.6 is 23.4 Å². The van der Waals surface area contributed by atoms with Gasteiger partial charge in [0.15, 0.2) is 5.16 Å². The second-order valence-electron chi connectivity index (χ2n) is 6.41. The Labute approximate surface area is 182 Å². The number of hydrogen-bond acceptors (Lipinski definition) is 5. The quantitative estimate of drug-likeness (QED) is 0.166. The van der Waals surface area contributed by atoms with E-state index in [4.69, 9.17) is 11.6 Å². The van der Waals surface area contributed by atoms with Gasteiger partial charge in [-0.15, -0.1) is 13.2 Å². The summed E-state index contributed by atoms with van der Waals surface area (Å²) in [7, 11) is 0. The number of nitrogens with zero attached hydrogens (tertiary/aromatic N) is 3. The first-order chi connectivity index (χ1) is 14.1. The number of hydrogen-bond donors (Lipinski definition) is 1. The fourth-order valence-corrected chi connectivity index (χ4v) is 3.64. The van der Waals surface area contributed by atoms with E-state index in [9.17, 15) is 4.79 Å². The predicted molar refractivity (Wildman–Crippen MR) is 123 cm³/mol. The number of benzene rings is 1. The topological polar surface area (TPSA) is 58.1 Å². The fraction of sp³-hybridized carbons (Fsp3) is 0.318. The molecule has 154 valence electrons. The number of nitrogens with one attached hydrogen (secondary N) is 1. The lowest BCUT2D eigenvalue weighted by molar-refractivity contribution is 0.0953. The number of thioether (sulfide) groups is 1. The van der Waals surface area contributed by atoms with Crippen LogP contribution in [0.25, 0.3) is 0 Å². The first-order valence-corrected chi connectivity index (χ1v) is 10.9. The van der Waals surface area contributed by atoms with Crippen LogP contribution in [0.3, 0.4) is 0 Å². The van der Waals surface area contributed by atoms with Crippen molar-refractivity contribution in [3.8, 4) is 0 Å². The molecule has 1 aromatic heterocycles. The third-order valence-electron chi connectivity index (χ3n) is 4.06. The molecule has 0 fully saturated rings. The van der Waals surface area contributed by atoms with Gasteiger partial charge in [0, 0.05) is 37.0 Å². The van der Waals surface area contributed by atoms with Crippen molar-refractivity contribution < 1.29 is 4.79 Å². The zero-order valence-corrected chi connectivity index (χ0v) is 18.3. The molecule has 0 bridgehead atoms. The number of rotatable bonds is 12. The SMILES string of the molecule is C=CCN(CC=C)c1cc(Cl)nc(SCc2cccc(C(=O)NCCCC)c2)n1.